The molecule has 2 heterocycles. The summed E-state index contributed by atoms with van der Waals surface area (Å²) >= 11 is 0. The molecule has 19 heavy (non-hydrogen) atoms. The van der Waals surface area contributed by atoms with Gasteiger partial charge in [-0.3, -0.25) is 0 Å². The zero-order chi connectivity index (χ0) is 13.1. The molecule has 1 aromatic carbocycles. The van der Waals surface area contributed by atoms with Crippen LogP contribution in [0.2, 0.25) is 0 Å². The van der Waals surface area contributed by atoms with Gasteiger partial charge in [0, 0.05) is 19.8 Å². The lowest BCUT2D eigenvalue weighted by molar-refractivity contribution is 0.0356. The summed E-state index contributed by atoms with van der Waals surface area (Å²) in [7, 11) is 0. The minimum absolute atomic E-state index is 0.143. The van der Waals surface area contributed by atoms with Crippen LogP contribution < -0.4 is 5.32 Å². The molecule has 2 aliphatic rings. The van der Waals surface area contributed by atoms with Crippen molar-refractivity contribution in [2.75, 3.05) is 26.3 Å². The van der Waals surface area contributed by atoms with Crippen LogP contribution in [0, 0.1) is 17.7 Å². The first-order valence-electron chi connectivity index (χ1n) is 7.38. The van der Waals surface area contributed by atoms with Gasteiger partial charge in [0.1, 0.15) is 5.82 Å². The molecule has 104 valence electrons. The van der Waals surface area contributed by atoms with E-state index in [1.165, 1.54) is 24.8 Å². The number of hydrogen-bond donors (Lipinski definition) is 1. The SMILES string of the molecule is Fc1ccc(C2CNCCC2C2CCOCC2)cc1. The molecule has 2 atom stereocenters. The van der Waals surface area contributed by atoms with Crippen LogP contribution in [0.3, 0.4) is 0 Å². The summed E-state index contributed by atoms with van der Waals surface area (Å²) in [6.07, 6.45) is 3.59. The number of piperidine rings is 1. The van der Waals surface area contributed by atoms with Gasteiger partial charge in [-0.05, 0) is 61.3 Å². The molecule has 0 saturated carbocycles. The van der Waals surface area contributed by atoms with E-state index in [4.69, 9.17) is 4.74 Å². The van der Waals surface area contributed by atoms with Gasteiger partial charge in [0.15, 0.2) is 0 Å². The molecule has 0 bridgehead atoms. The molecular formula is C16H22FNO. The van der Waals surface area contributed by atoms with Crippen LogP contribution in [0.25, 0.3) is 0 Å². The summed E-state index contributed by atoms with van der Waals surface area (Å²) in [4.78, 5) is 0. The first-order chi connectivity index (χ1) is 9.34. The molecule has 2 unspecified atom stereocenters. The molecule has 2 nitrogen and oxygen atoms in total. The molecule has 0 aromatic heterocycles. The summed E-state index contributed by atoms with van der Waals surface area (Å²) in [5.74, 6) is 1.87. The van der Waals surface area contributed by atoms with Gasteiger partial charge in [-0.2, -0.15) is 0 Å². The molecule has 1 N–H and O–H groups in total. The van der Waals surface area contributed by atoms with E-state index >= 15 is 0 Å². The Kier molecular flexibility index (Phi) is 4.14. The summed E-state index contributed by atoms with van der Waals surface area (Å²) in [6, 6.07) is 7.09. The molecule has 2 aliphatic heterocycles. The van der Waals surface area contributed by atoms with Gasteiger partial charge in [-0.1, -0.05) is 12.1 Å². The lowest BCUT2D eigenvalue weighted by Gasteiger charge is -2.39. The average molecular weight is 263 g/mol. The Morgan fingerprint density at radius 1 is 1.05 bits per heavy atom. The predicted octanol–water partition coefficient (Wildman–Crippen LogP) is 2.95. The minimum Gasteiger partial charge on any atom is -0.381 e. The fourth-order valence-electron chi connectivity index (χ4n) is 3.66. The van der Waals surface area contributed by atoms with Gasteiger partial charge in [-0.15, -0.1) is 0 Å². The zero-order valence-corrected chi connectivity index (χ0v) is 11.3. The Hall–Kier alpha value is -0.930. The van der Waals surface area contributed by atoms with E-state index < -0.39 is 0 Å². The van der Waals surface area contributed by atoms with Crippen LogP contribution >= 0.6 is 0 Å². The van der Waals surface area contributed by atoms with Gasteiger partial charge in [-0.25, -0.2) is 4.39 Å². The Bertz CT molecular complexity index is 400. The largest absolute Gasteiger partial charge is 0.381 e. The molecule has 2 saturated heterocycles. The number of rotatable bonds is 2. The second-order valence-corrected chi connectivity index (χ2v) is 5.76. The molecule has 0 amide bonds. The van der Waals surface area contributed by atoms with E-state index in [1.807, 2.05) is 12.1 Å². The smallest absolute Gasteiger partial charge is 0.123 e. The highest BCUT2D eigenvalue weighted by molar-refractivity contribution is 5.22. The van der Waals surface area contributed by atoms with Crippen LogP contribution in [0.15, 0.2) is 24.3 Å². The molecule has 2 fully saturated rings. The number of benzene rings is 1. The van der Waals surface area contributed by atoms with E-state index in [9.17, 15) is 4.39 Å². The van der Waals surface area contributed by atoms with Crippen molar-refractivity contribution in [1.82, 2.24) is 5.32 Å². The maximum atomic E-state index is 13.1. The van der Waals surface area contributed by atoms with Gasteiger partial charge in [0.25, 0.3) is 0 Å². The van der Waals surface area contributed by atoms with Crippen LogP contribution in [0.5, 0.6) is 0 Å². The van der Waals surface area contributed by atoms with Crippen molar-refractivity contribution in [2.45, 2.75) is 25.2 Å². The Morgan fingerprint density at radius 3 is 2.53 bits per heavy atom. The average Bonchev–Trinajstić information content (AvgIpc) is 2.49. The third kappa shape index (κ3) is 2.98. The lowest BCUT2D eigenvalue weighted by Crippen LogP contribution is -2.40. The van der Waals surface area contributed by atoms with E-state index in [0.717, 1.165) is 38.1 Å². The highest BCUT2D eigenvalue weighted by Gasteiger charge is 2.33. The molecule has 3 rings (SSSR count). The number of hydrogen-bond acceptors (Lipinski definition) is 2. The normalized spacial score (nSPS) is 29.3. The summed E-state index contributed by atoms with van der Waals surface area (Å²) < 4.78 is 18.6. The van der Waals surface area contributed by atoms with Gasteiger partial charge in [0.05, 0.1) is 0 Å². The van der Waals surface area contributed by atoms with Gasteiger partial charge in [0.2, 0.25) is 0 Å². The zero-order valence-electron chi connectivity index (χ0n) is 11.3. The molecule has 0 spiro atoms. The van der Waals surface area contributed by atoms with Crippen LogP contribution in [-0.4, -0.2) is 26.3 Å². The molecule has 0 radical (unpaired) electrons. The Balaban J connectivity index is 1.78. The van der Waals surface area contributed by atoms with Crippen molar-refractivity contribution in [2.24, 2.45) is 11.8 Å². The highest BCUT2D eigenvalue weighted by atomic mass is 19.1. The standard InChI is InChI=1S/C16H22FNO/c17-14-3-1-12(2-4-14)16-11-18-8-5-15(16)13-6-9-19-10-7-13/h1-4,13,15-16,18H,5-11H2. The Labute approximate surface area is 114 Å². The van der Waals surface area contributed by atoms with E-state index in [-0.39, 0.29) is 5.82 Å². The first-order valence-corrected chi connectivity index (χ1v) is 7.38. The Morgan fingerprint density at radius 2 is 1.79 bits per heavy atom. The minimum atomic E-state index is -0.143. The predicted molar refractivity (Wildman–Crippen MR) is 73.7 cm³/mol. The van der Waals surface area contributed by atoms with Crippen molar-refractivity contribution in [1.29, 1.82) is 0 Å². The van der Waals surface area contributed by atoms with Gasteiger partial charge >= 0.3 is 0 Å². The number of ether oxygens (including phenoxy) is 1. The molecule has 0 aliphatic carbocycles. The maximum absolute atomic E-state index is 13.1. The summed E-state index contributed by atoms with van der Waals surface area (Å²) in [6.45, 7) is 3.95. The molecule has 3 heteroatoms. The fraction of sp³-hybridized carbons (Fsp3) is 0.625. The van der Waals surface area contributed by atoms with Crippen molar-refractivity contribution >= 4 is 0 Å². The highest BCUT2D eigenvalue weighted by Crippen LogP contribution is 2.38. The van der Waals surface area contributed by atoms with Crippen LogP contribution in [0.1, 0.15) is 30.7 Å². The van der Waals surface area contributed by atoms with Crippen molar-refractivity contribution in [3.63, 3.8) is 0 Å². The third-order valence-electron chi connectivity index (χ3n) is 4.71. The van der Waals surface area contributed by atoms with Gasteiger partial charge < -0.3 is 10.1 Å². The molecular weight excluding hydrogens is 241 g/mol. The summed E-state index contributed by atoms with van der Waals surface area (Å²) in [5.41, 5.74) is 1.28. The number of nitrogens with one attached hydrogen (secondary N) is 1. The van der Waals surface area contributed by atoms with E-state index in [1.54, 1.807) is 12.1 Å². The lowest BCUT2D eigenvalue weighted by atomic mass is 9.71. The second-order valence-electron chi connectivity index (χ2n) is 5.76. The van der Waals surface area contributed by atoms with Crippen molar-refractivity contribution < 1.29 is 9.13 Å². The third-order valence-corrected chi connectivity index (χ3v) is 4.71. The van der Waals surface area contributed by atoms with Crippen molar-refractivity contribution in [3.8, 4) is 0 Å². The first kappa shape index (κ1) is 13.1. The summed E-state index contributed by atoms with van der Waals surface area (Å²) in [5, 5.41) is 3.49. The monoisotopic (exact) mass is 263 g/mol. The van der Waals surface area contributed by atoms with E-state index in [0.29, 0.717) is 5.92 Å². The second kappa shape index (κ2) is 6.02. The topological polar surface area (TPSA) is 21.3 Å². The van der Waals surface area contributed by atoms with Crippen LogP contribution in [-0.2, 0) is 4.74 Å². The fourth-order valence-corrected chi connectivity index (χ4v) is 3.66. The van der Waals surface area contributed by atoms with Crippen LogP contribution in [0.4, 0.5) is 4.39 Å². The quantitative estimate of drug-likeness (QED) is 0.886. The van der Waals surface area contributed by atoms with E-state index in [2.05, 4.69) is 5.32 Å². The maximum Gasteiger partial charge on any atom is 0.123 e. The molecule has 1 aromatic rings. The van der Waals surface area contributed by atoms with Crippen molar-refractivity contribution in [3.05, 3.63) is 35.6 Å². The number of halogens is 1.